The van der Waals surface area contributed by atoms with Gasteiger partial charge in [-0.25, -0.2) is 0 Å². The lowest BCUT2D eigenvalue weighted by molar-refractivity contribution is -0.129. The number of benzene rings is 1. The number of amides is 1. The van der Waals surface area contributed by atoms with Crippen LogP contribution in [0.15, 0.2) is 29.5 Å². The Bertz CT molecular complexity index is 651. The van der Waals surface area contributed by atoms with Crippen LogP contribution < -0.4 is 4.74 Å². The van der Waals surface area contributed by atoms with E-state index in [0.717, 1.165) is 0 Å². The van der Waals surface area contributed by atoms with E-state index in [1.165, 1.54) is 37.1 Å². The Kier molecular flexibility index (Phi) is 4.37. The topological polar surface area (TPSA) is 107 Å². The molecule has 0 spiro atoms. The minimum Gasteiger partial charge on any atom is -0.504 e. The number of phenols is 1. The Labute approximate surface area is 127 Å². The number of carbonyl (C=O) groups is 2. The van der Waals surface area contributed by atoms with Gasteiger partial charge in [-0.1, -0.05) is 6.07 Å². The number of aromatic hydroxyl groups is 1. The van der Waals surface area contributed by atoms with Crippen molar-refractivity contribution in [1.29, 1.82) is 0 Å². The van der Waals surface area contributed by atoms with Crippen molar-refractivity contribution in [3.8, 4) is 11.5 Å². The molecule has 3 N–H and O–H groups in total. The first kappa shape index (κ1) is 15.8. The predicted molar refractivity (Wildman–Crippen MR) is 76.5 cm³/mol. The fourth-order valence-corrected chi connectivity index (χ4v) is 2.56. The SMILES string of the molecule is COc1cc(C2C(C(C)=O)=C(O)C(=O)N2CCO)ccc1O. The van der Waals surface area contributed by atoms with Crippen LogP contribution in [0.25, 0.3) is 0 Å². The number of aliphatic hydroxyl groups excluding tert-OH is 2. The van der Waals surface area contributed by atoms with Gasteiger partial charge in [-0.05, 0) is 24.6 Å². The van der Waals surface area contributed by atoms with E-state index in [2.05, 4.69) is 0 Å². The second kappa shape index (κ2) is 6.07. The summed E-state index contributed by atoms with van der Waals surface area (Å²) < 4.78 is 5.02. The summed E-state index contributed by atoms with van der Waals surface area (Å²) in [6.45, 7) is 0.912. The van der Waals surface area contributed by atoms with E-state index in [9.17, 15) is 19.8 Å². The van der Waals surface area contributed by atoms with Crippen LogP contribution >= 0.6 is 0 Å². The van der Waals surface area contributed by atoms with Gasteiger partial charge in [-0.3, -0.25) is 9.59 Å². The van der Waals surface area contributed by atoms with Gasteiger partial charge in [0.05, 0.1) is 25.3 Å². The van der Waals surface area contributed by atoms with Gasteiger partial charge in [-0.2, -0.15) is 0 Å². The number of Topliss-reactive ketones (excluding diaryl/α,β-unsaturated/α-hetero) is 1. The molecule has 1 aromatic rings. The highest BCUT2D eigenvalue weighted by molar-refractivity contribution is 6.08. The number of phenolic OH excluding ortho intramolecular Hbond substituents is 1. The van der Waals surface area contributed by atoms with Crippen molar-refractivity contribution in [2.24, 2.45) is 0 Å². The van der Waals surface area contributed by atoms with Crippen molar-refractivity contribution in [3.05, 3.63) is 35.1 Å². The first-order chi connectivity index (χ1) is 10.4. The molecule has 1 amide bonds. The average molecular weight is 307 g/mol. The third-order valence-corrected chi connectivity index (χ3v) is 3.54. The Morgan fingerprint density at radius 2 is 2.05 bits per heavy atom. The molecule has 118 valence electrons. The van der Waals surface area contributed by atoms with Gasteiger partial charge < -0.3 is 25.0 Å². The summed E-state index contributed by atoms with van der Waals surface area (Å²) in [5.74, 6) is -1.66. The normalized spacial score (nSPS) is 18.0. The Morgan fingerprint density at radius 3 is 2.59 bits per heavy atom. The molecule has 0 radical (unpaired) electrons. The van der Waals surface area contributed by atoms with Crippen molar-refractivity contribution in [3.63, 3.8) is 0 Å². The molecule has 0 bridgehead atoms. The fourth-order valence-electron chi connectivity index (χ4n) is 2.56. The maximum absolute atomic E-state index is 12.1. The molecule has 2 rings (SSSR count). The van der Waals surface area contributed by atoms with Gasteiger partial charge in [0.1, 0.15) is 0 Å². The Morgan fingerprint density at radius 1 is 1.36 bits per heavy atom. The predicted octanol–water partition coefficient (Wildman–Crippen LogP) is 0.677. The molecule has 7 heteroatoms. The van der Waals surface area contributed by atoms with Crippen LogP contribution in [0.1, 0.15) is 18.5 Å². The molecule has 1 aliphatic rings. The number of β-amino-alcohol motifs (C(OH)–C–C–N with tert-alkyl or cyclic N) is 1. The van der Waals surface area contributed by atoms with E-state index in [4.69, 9.17) is 9.84 Å². The smallest absolute Gasteiger partial charge is 0.290 e. The van der Waals surface area contributed by atoms with E-state index >= 15 is 0 Å². The molecule has 0 fully saturated rings. The van der Waals surface area contributed by atoms with E-state index in [1.54, 1.807) is 0 Å². The molecule has 1 heterocycles. The lowest BCUT2D eigenvalue weighted by Crippen LogP contribution is -2.33. The number of ketones is 1. The fraction of sp³-hybridized carbons (Fsp3) is 0.333. The highest BCUT2D eigenvalue weighted by atomic mass is 16.5. The van der Waals surface area contributed by atoms with Gasteiger partial charge in [0.25, 0.3) is 5.91 Å². The maximum atomic E-state index is 12.1. The molecule has 7 nitrogen and oxygen atoms in total. The zero-order chi connectivity index (χ0) is 16.4. The van der Waals surface area contributed by atoms with Gasteiger partial charge in [-0.15, -0.1) is 0 Å². The Balaban J connectivity index is 2.57. The second-order valence-electron chi connectivity index (χ2n) is 4.87. The first-order valence-electron chi connectivity index (χ1n) is 6.65. The summed E-state index contributed by atoms with van der Waals surface area (Å²) in [6.07, 6.45) is 0. The molecular weight excluding hydrogens is 290 g/mol. The number of aliphatic hydroxyl groups is 2. The monoisotopic (exact) mass is 307 g/mol. The van der Waals surface area contributed by atoms with Crippen molar-refractivity contribution >= 4 is 11.7 Å². The van der Waals surface area contributed by atoms with Crippen LogP contribution in [0, 0.1) is 0 Å². The number of hydrogen-bond donors (Lipinski definition) is 3. The van der Waals surface area contributed by atoms with Crippen LogP contribution in [-0.4, -0.2) is 52.2 Å². The quantitative estimate of drug-likeness (QED) is 0.738. The van der Waals surface area contributed by atoms with Gasteiger partial charge in [0.2, 0.25) is 0 Å². The molecule has 1 unspecified atom stereocenters. The van der Waals surface area contributed by atoms with E-state index in [-0.39, 0.29) is 30.2 Å². The van der Waals surface area contributed by atoms with Crippen LogP contribution in [-0.2, 0) is 9.59 Å². The summed E-state index contributed by atoms with van der Waals surface area (Å²) in [5.41, 5.74) is 0.455. The lowest BCUT2D eigenvalue weighted by atomic mass is 9.96. The standard InChI is InChI=1S/C15H17NO6/c1-8(18)12-13(16(5-6-17)15(21)14(12)20)9-3-4-10(19)11(7-9)22-2/h3-4,7,13,17,19-20H,5-6H2,1-2H3. The number of hydrogen-bond acceptors (Lipinski definition) is 6. The number of rotatable bonds is 5. The molecule has 0 saturated heterocycles. The molecule has 1 aliphatic heterocycles. The summed E-state index contributed by atoms with van der Waals surface area (Å²) in [6, 6.07) is 3.57. The highest BCUT2D eigenvalue weighted by Gasteiger charge is 2.42. The van der Waals surface area contributed by atoms with Crippen molar-refractivity contribution in [2.75, 3.05) is 20.3 Å². The molecule has 0 saturated carbocycles. The molecule has 0 aromatic heterocycles. The number of methoxy groups -OCH3 is 1. The summed E-state index contributed by atoms with van der Waals surface area (Å²) in [7, 11) is 1.38. The van der Waals surface area contributed by atoms with Gasteiger partial charge in [0, 0.05) is 6.54 Å². The van der Waals surface area contributed by atoms with Crippen LogP contribution in [0.2, 0.25) is 0 Å². The summed E-state index contributed by atoms with van der Waals surface area (Å²) in [5, 5.41) is 28.7. The van der Waals surface area contributed by atoms with Crippen molar-refractivity contribution in [2.45, 2.75) is 13.0 Å². The zero-order valence-corrected chi connectivity index (χ0v) is 12.2. The lowest BCUT2D eigenvalue weighted by Gasteiger charge is -2.26. The summed E-state index contributed by atoms with van der Waals surface area (Å²) >= 11 is 0. The Hall–Kier alpha value is -2.54. The number of ether oxygens (including phenoxy) is 1. The van der Waals surface area contributed by atoms with Crippen LogP contribution in [0.4, 0.5) is 0 Å². The van der Waals surface area contributed by atoms with Crippen molar-refractivity contribution in [1.82, 2.24) is 4.90 Å². The first-order valence-corrected chi connectivity index (χ1v) is 6.65. The largest absolute Gasteiger partial charge is 0.504 e. The van der Waals surface area contributed by atoms with Gasteiger partial charge >= 0.3 is 0 Å². The minimum absolute atomic E-state index is 0.0342. The highest BCUT2D eigenvalue weighted by Crippen LogP contribution is 2.40. The zero-order valence-electron chi connectivity index (χ0n) is 12.2. The van der Waals surface area contributed by atoms with E-state index < -0.39 is 23.5 Å². The van der Waals surface area contributed by atoms with E-state index in [1.807, 2.05) is 0 Å². The van der Waals surface area contributed by atoms with Crippen LogP contribution in [0.3, 0.4) is 0 Å². The second-order valence-corrected chi connectivity index (χ2v) is 4.87. The third-order valence-electron chi connectivity index (χ3n) is 3.54. The number of carbonyl (C=O) groups excluding carboxylic acids is 2. The molecule has 1 atom stereocenters. The summed E-state index contributed by atoms with van der Waals surface area (Å²) in [4.78, 5) is 25.1. The number of nitrogens with zero attached hydrogens (tertiary/aromatic N) is 1. The van der Waals surface area contributed by atoms with E-state index in [0.29, 0.717) is 5.56 Å². The minimum atomic E-state index is -0.827. The maximum Gasteiger partial charge on any atom is 0.290 e. The van der Waals surface area contributed by atoms with Crippen molar-refractivity contribution < 1.29 is 29.6 Å². The average Bonchev–Trinajstić information content (AvgIpc) is 2.73. The van der Waals surface area contributed by atoms with Crippen LogP contribution in [0.5, 0.6) is 11.5 Å². The van der Waals surface area contributed by atoms with Gasteiger partial charge in [0.15, 0.2) is 23.0 Å². The molecule has 0 aliphatic carbocycles. The molecule has 1 aromatic carbocycles. The molecular formula is C15H17NO6. The molecule has 22 heavy (non-hydrogen) atoms. The third kappa shape index (κ3) is 2.50.